The lowest BCUT2D eigenvalue weighted by atomic mass is 10.1. The molecule has 0 saturated carbocycles. The Morgan fingerprint density at radius 1 is 1.35 bits per heavy atom. The van der Waals surface area contributed by atoms with Crippen molar-refractivity contribution < 1.29 is 4.79 Å². The molecule has 0 aromatic heterocycles. The Labute approximate surface area is 103 Å². The van der Waals surface area contributed by atoms with Crippen LogP contribution in [0, 0.1) is 0 Å². The summed E-state index contributed by atoms with van der Waals surface area (Å²) in [6.45, 7) is 5.94. The van der Waals surface area contributed by atoms with Crippen molar-refractivity contribution in [2.75, 3.05) is 13.1 Å². The zero-order valence-electron chi connectivity index (χ0n) is 10.2. The SMILES string of the molecule is C=C1CC=CC(C(=O)NC2CCNCC2)=CC1. The summed E-state index contributed by atoms with van der Waals surface area (Å²) in [7, 11) is 0. The Balaban J connectivity index is 1.92. The molecular weight excluding hydrogens is 212 g/mol. The summed E-state index contributed by atoms with van der Waals surface area (Å²) in [5.41, 5.74) is 1.94. The molecule has 1 fully saturated rings. The standard InChI is InChI=1S/C14H20N2O/c1-11-3-2-4-12(6-5-11)14(17)16-13-7-9-15-10-8-13/h2,4,6,13,15H,1,3,5,7-10H2,(H,16,17). The summed E-state index contributed by atoms with van der Waals surface area (Å²) >= 11 is 0. The van der Waals surface area contributed by atoms with E-state index < -0.39 is 0 Å². The predicted octanol–water partition coefficient (Wildman–Crippen LogP) is 1.69. The quantitative estimate of drug-likeness (QED) is 0.711. The van der Waals surface area contributed by atoms with Gasteiger partial charge in [-0.15, -0.1) is 0 Å². The lowest BCUT2D eigenvalue weighted by molar-refractivity contribution is -0.118. The van der Waals surface area contributed by atoms with E-state index in [0.29, 0.717) is 6.04 Å². The number of piperidine rings is 1. The first-order chi connectivity index (χ1) is 8.25. The van der Waals surface area contributed by atoms with E-state index in [9.17, 15) is 4.79 Å². The van der Waals surface area contributed by atoms with Crippen molar-refractivity contribution in [1.29, 1.82) is 0 Å². The van der Waals surface area contributed by atoms with Crippen LogP contribution < -0.4 is 10.6 Å². The molecule has 1 amide bonds. The molecule has 1 aliphatic heterocycles. The second-order valence-corrected chi connectivity index (χ2v) is 4.72. The molecule has 2 N–H and O–H groups in total. The molecule has 2 aliphatic rings. The Morgan fingerprint density at radius 2 is 2.12 bits per heavy atom. The van der Waals surface area contributed by atoms with E-state index in [0.717, 1.165) is 49.9 Å². The fraction of sp³-hybridized carbons (Fsp3) is 0.500. The third-order valence-corrected chi connectivity index (χ3v) is 3.25. The molecule has 2 rings (SSSR count). The third-order valence-electron chi connectivity index (χ3n) is 3.25. The zero-order chi connectivity index (χ0) is 12.1. The van der Waals surface area contributed by atoms with Crippen molar-refractivity contribution in [3.05, 3.63) is 36.0 Å². The number of rotatable bonds is 2. The highest BCUT2D eigenvalue weighted by Gasteiger charge is 2.17. The number of hydrogen-bond acceptors (Lipinski definition) is 2. The first-order valence-electron chi connectivity index (χ1n) is 6.30. The van der Waals surface area contributed by atoms with E-state index in [-0.39, 0.29) is 5.91 Å². The summed E-state index contributed by atoms with van der Waals surface area (Å²) in [6.07, 6.45) is 9.63. The largest absolute Gasteiger partial charge is 0.349 e. The normalized spacial score (nSPS) is 21.9. The number of amides is 1. The fourth-order valence-electron chi connectivity index (χ4n) is 2.16. The van der Waals surface area contributed by atoms with Crippen LogP contribution in [0.15, 0.2) is 36.0 Å². The molecule has 3 nitrogen and oxygen atoms in total. The summed E-state index contributed by atoms with van der Waals surface area (Å²) < 4.78 is 0. The molecule has 0 aromatic carbocycles. The minimum Gasteiger partial charge on any atom is -0.349 e. The minimum absolute atomic E-state index is 0.0582. The number of hydrogen-bond donors (Lipinski definition) is 2. The van der Waals surface area contributed by atoms with Crippen LogP contribution in [0.3, 0.4) is 0 Å². The molecule has 3 heteroatoms. The van der Waals surface area contributed by atoms with Crippen molar-refractivity contribution in [2.24, 2.45) is 0 Å². The highest BCUT2D eigenvalue weighted by molar-refractivity contribution is 5.96. The molecule has 1 saturated heterocycles. The third kappa shape index (κ3) is 3.56. The minimum atomic E-state index is 0.0582. The maximum Gasteiger partial charge on any atom is 0.251 e. The van der Waals surface area contributed by atoms with Crippen LogP contribution in [0.4, 0.5) is 0 Å². The molecule has 1 aliphatic carbocycles. The van der Waals surface area contributed by atoms with E-state index in [2.05, 4.69) is 17.2 Å². The van der Waals surface area contributed by atoms with Gasteiger partial charge in [-0.05, 0) is 38.8 Å². The van der Waals surface area contributed by atoms with Gasteiger partial charge in [0.15, 0.2) is 0 Å². The fourth-order valence-corrected chi connectivity index (χ4v) is 2.16. The lowest BCUT2D eigenvalue weighted by Crippen LogP contribution is -2.43. The Kier molecular flexibility index (Phi) is 4.15. The maximum atomic E-state index is 12.0. The van der Waals surface area contributed by atoms with E-state index in [4.69, 9.17) is 0 Å². The molecule has 0 atom stereocenters. The van der Waals surface area contributed by atoms with Crippen LogP contribution in [0.2, 0.25) is 0 Å². The van der Waals surface area contributed by atoms with Gasteiger partial charge in [0.25, 0.3) is 5.91 Å². The Hall–Kier alpha value is -1.35. The van der Waals surface area contributed by atoms with Gasteiger partial charge < -0.3 is 10.6 Å². The van der Waals surface area contributed by atoms with Gasteiger partial charge in [0.2, 0.25) is 0 Å². The molecular formula is C14H20N2O. The van der Waals surface area contributed by atoms with Crippen LogP contribution in [-0.4, -0.2) is 25.0 Å². The van der Waals surface area contributed by atoms with Gasteiger partial charge in [0, 0.05) is 11.6 Å². The smallest absolute Gasteiger partial charge is 0.251 e. The highest BCUT2D eigenvalue weighted by atomic mass is 16.1. The van der Waals surface area contributed by atoms with Crippen LogP contribution in [0.25, 0.3) is 0 Å². The van der Waals surface area contributed by atoms with Gasteiger partial charge in [-0.1, -0.05) is 30.4 Å². The molecule has 0 unspecified atom stereocenters. The number of allylic oxidation sites excluding steroid dienone is 3. The number of carbonyl (C=O) groups excluding carboxylic acids is 1. The first kappa shape index (κ1) is 12.1. The molecule has 92 valence electrons. The van der Waals surface area contributed by atoms with E-state index in [1.165, 1.54) is 0 Å². The molecule has 0 radical (unpaired) electrons. The monoisotopic (exact) mass is 232 g/mol. The zero-order valence-corrected chi connectivity index (χ0v) is 10.2. The van der Waals surface area contributed by atoms with Gasteiger partial charge in [0.05, 0.1) is 0 Å². The number of nitrogens with one attached hydrogen (secondary N) is 2. The van der Waals surface area contributed by atoms with Gasteiger partial charge in [-0.3, -0.25) is 4.79 Å². The summed E-state index contributed by atoms with van der Waals surface area (Å²) in [5.74, 6) is 0.0582. The van der Waals surface area contributed by atoms with Crippen molar-refractivity contribution in [3.8, 4) is 0 Å². The second kappa shape index (κ2) is 5.82. The van der Waals surface area contributed by atoms with Crippen molar-refractivity contribution in [3.63, 3.8) is 0 Å². The van der Waals surface area contributed by atoms with Gasteiger partial charge in [-0.2, -0.15) is 0 Å². The maximum absolute atomic E-state index is 12.0. The molecule has 0 aromatic rings. The average Bonchev–Trinajstić information content (AvgIpc) is 2.55. The predicted molar refractivity (Wildman–Crippen MR) is 69.6 cm³/mol. The van der Waals surface area contributed by atoms with Crippen molar-refractivity contribution in [2.45, 2.75) is 31.7 Å². The van der Waals surface area contributed by atoms with Gasteiger partial charge in [-0.25, -0.2) is 0 Å². The second-order valence-electron chi connectivity index (χ2n) is 4.72. The van der Waals surface area contributed by atoms with Crippen LogP contribution in [0.5, 0.6) is 0 Å². The van der Waals surface area contributed by atoms with E-state index in [1.807, 2.05) is 18.2 Å². The Morgan fingerprint density at radius 3 is 2.88 bits per heavy atom. The summed E-state index contributed by atoms with van der Waals surface area (Å²) in [5, 5.41) is 6.39. The topological polar surface area (TPSA) is 41.1 Å². The van der Waals surface area contributed by atoms with E-state index in [1.54, 1.807) is 0 Å². The summed E-state index contributed by atoms with van der Waals surface area (Å²) in [4.78, 5) is 12.0. The molecule has 17 heavy (non-hydrogen) atoms. The van der Waals surface area contributed by atoms with Crippen molar-refractivity contribution in [1.82, 2.24) is 10.6 Å². The molecule has 0 bridgehead atoms. The van der Waals surface area contributed by atoms with Gasteiger partial charge in [0.1, 0.15) is 0 Å². The highest BCUT2D eigenvalue weighted by Crippen LogP contribution is 2.15. The molecule has 0 spiro atoms. The van der Waals surface area contributed by atoms with Crippen LogP contribution >= 0.6 is 0 Å². The van der Waals surface area contributed by atoms with Crippen LogP contribution in [0.1, 0.15) is 25.7 Å². The lowest BCUT2D eigenvalue weighted by Gasteiger charge is -2.23. The van der Waals surface area contributed by atoms with Gasteiger partial charge >= 0.3 is 0 Å². The van der Waals surface area contributed by atoms with Crippen LogP contribution in [-0.2, 0) is 4.79 Å². The first-order valence-corrected chi connectivity index (χ1v) is 6.30. The molecule has 1 heterocycles. The van der Waals surface area contributed by atoms with E-state index >= 15 is 0 Å². The number of carbonyl (C=O) groups is 1. The Bertz CT molecular complexity index is 362. The summed E-state index contributed by atoms with van der Waals surface area (Å²) in [6, 6.07) is 0.324. The average molecular weight is 232 g/mol. The van der Waals surface area contributed by atoms with Crippen molar-refractivity contribution >= 4 is 5.91 Å².